The van der Waals surface area contributed by atoms with Gasteiger partial charge in [-0.25, -0.2) is 9.79 Å². The molecule has 1 amide bonds. The van der Waals surface area contributed by atoms with Crippen LogP contribution in [0.25, 0.3) is 16.8 Å². The maximum absolute atomic E-state index is 14.0. The third-order valence-corrected chi connectivity index (χ3v) is 8.14. The van der Waals surface area contributed by atoms with Crippen LogP contribution in [0.5, 0.6) is 5.75 Å². The lowest BCUT2D eigenvalue weighted by atomic mass is 10.0. The number of carbonyl (C=O) groups excluding carboxylic acids is 1. The van der Waals surface area contributed by atoms with E-state index in [4.69, 9.17) is 9.73 Å². The molecule has 1 aliphatic rings. The summed E-state index contributed by atoms with van der Waals surface area (Å²) in [7, 11) is 0. The topological polar surface area (TPSA) is 79.2 Å². The summed E-state index contributed by atoms with van der Waals surface area (Å²) in [4.78, 5) is 32.3. The monoisotopic (exact) mass is 584 g/mol. The number of aromatic carboxylic acids is 1. The molecule has 5 aromatic carbocycles. The molecule has 1 aliphatic heterocycles. The predicted molar refractivity (Wildman–Crippen MR) is 173 cm³/mol. The van der Waals surface area contributed by atoms with E-state index >= 15 is 0 Å². The van der Waals surface area contributed by atoms with Crippen LogP contribution in [0.15, 0.2) is 125 Å². The van der Waals surface area contributed by atoms with E-state index in [0.717, 1.165) is 33.2 Å². The zero-order valence-electron chi connectivity index (χ0n) is 23.4. The molecule has 0 radical (unpaired) electrons. The van der Waals surface area contributed by atoms with Crippen molar-refractivity contribution in [2.24, 2.45) is 4.99 Å². The zero-order chi connectivity index (χ0) is 29.8. The number of amidine groups is 1. The number of aryl methyl sites for hydroxylation is 1. The smallest absolute Gasteiger partial charge is 0.335 e. The second kappa shape index (κ2) is 12.4. The van der Waals surface area contributed by atoms with E-state index in [0.29, 0.717) is 22.4 Å². The molecule has 0 atom stereocenters. The molecular weight excluding hydrogens is 556 g/mol. The minimum absolute atomic E-state index is 0.181. The molecule has 212 valence electrons. The molecule has 6 nitrogen and oxygen atoms in total. The van der Waals surface area contributed by atoms with Crippen molar-refractivity contribution in [2.75, 3.05) is 0 Å². The molecule has 5 aromatic rings. The molecule has 6 rings (SSSR count). The summed E-state index contributed by atoms with van der Waals surface area (Å²) in [5.74, 6) is -0.491. The fourth-order valence-electron chi connectivity index (χ4n) is 4.81. The quantitative estimate of drug-likeness (QED) is 0.186. The van der Waals surface area contributed by atoms with Gasteiger partial charge in [-0.15, -0.1) is 0 Å². The normalized spacial score (nSPS) is 15.0. The molecule has 0 unspecified atom stereocenters. The highest BCUT2D eigenvalue weighted by Gasteiger charge is 2.34. The van der Waals surface area contributed by atoms with E-state index in [9.17, 15) is 14.7 Å². The highest BCUT2D eigenvalue weighted by atomic mass is 32.2. The third-order valence-electron chi connectivity index (χ3n) is 7.13. The number of hydrogen-bond donors (Lipinski definition) is 1. The SMILES string of the molecule is Cc1ccc(COc2ccc3ccccc3c2/C=C2\SC(=Nc3ccccc3)N(Cc3ccc(C(=O)O)cc3)C2=O)cc1. The number of hydrogen-bond acceptors (Lipinski definition) is 5. The Labute approximate surface area is 254 Å². The van der Waals surface area contributed by atoms with Crippen LogP contribution in [0.1, 0.15) is 32.6 Å². The van der Waals surface area contributed by atoms with Crippen LogP contribution < -0.4 is 4.74 Å². The van der Waals surface area contributed by atoms with Crippen LogP contribution in [-0.4, -0.2) is 27.1 Å². The van der Waals surface area contributed by atoms with Gasteiger partial charge in [0.15, 0.2) is 5.17 Å². The molecule has 1 heterocycles. The van der Waals surface area contributed by atoms with Gasteiger partial charge in [-0.05, 0) is 77.0 Å². The summed E-state index contributed by atoms with van der Waals surface area (Å²) in [5, 5.41) is 11.9. The Hall–Kier alpha value is -5.14. The predicted octanol–water partition coefficient (Wildman–Crippen LogP) is 8.23. The van der Waals surface area contributed by atoms with Crippen molar-refractivity contribution < 1.29 is 19.4 Å². The first-order valence-corrected chi connectivity index (χ1v) is 14.6. The van der Waals surface area contributed by atoms with Crippen molar-refractivity contribution in [3.63, 3.8) is 0 Å². The average Bonchev–Trinajstić information content (AvgIpc) is 3.31. The molecule has 1 N–H and O–H groups in total. The Morgan fingerprint density at radius 1 is 0.860 bits per heavy atom. The molecule has 1 saturated heterocycles. The van der Waals surface area contributed by atoms with Gasteiger partial charge in [0.1, 0.15) is 12.4 Å². The van der Waals surface area contributed by atoms with E-state index in [1.54, 1.807) is 29.2 Å². The number of nitrogens with zero attached hydrogens (tertiary/aromatic N) is 2. The van der Waals surface area contributed by atoms with E-state index < -0.39 is 5.97 Å². The van der Waals surface area contributed by atoms with Gasteiger partial charge in [-0.2, -0.15) is 0 Å². The lowest BCUT2D eigenvalue weighted by molar-refractivity contribution is -0.122. The average molecular weight is 585 g/mol. The van der Waals surface area contributed by atoms with Crippen LogP contribution in [0.2, 0.25) is 0 Å². The standard InChI is InChI=1S/C36H28N2O4S/c1-24-11-13-26(14-12-24)23-42-32-20-19-27-7-5-6-10-30(27)31(32)21-33-34(39)38(22-25-15-17-28(18-16-25)35(40)41)36(43-33)37-29-8-3-2-4-9-29/h2-21H,22-23H2,1H3,(H,40,41)/b33-21-,37-36?. The zero-order valence-corrected chi connectivity index (χ0v) is 24.3. The van der Waals surface area contributed by atoms with Crippen molar-refractivity contribution in [3.05, 3.63) is 148 Å². The molecule has 43 heavy (non-hydrogen) atoms. The number of para-hydroxylation sites is 1. The summed E-state index contributed by atoms with van der Waals surface area (Å²) in [5.41, 5.74) is 4.80. The van der Waals surface area contributed by atoms with E-state index in [-0.39, 0.29) is 18.0 Å². The van der Waals surface area contributed by atoms with Gasteiger partial charge in [0, 0.05) is 5.56 Å². The summed E-state index contributed by atoms with van der Waals surface area (Å²) < 4.78 is 6.34. The highest BCUT2D eigenvalue weighted by molar-refractivity contribution is 8.18. The van der Waals surface area contributed by atoms with Gasteiger partial charge >= 0.3 is 5.97 Å². The van der Waals surface area contributed by atoms with Crippen LogP contribution in [0, 0.1) is 6.92 Å². The van der Waals surface area contributed by atoms with Gasteiger partial charge in [0.25, 0.3) is 5.91 Å². The molecular formula is C36H28N2O4S. The Bertz CT molecular complexity index is 1860. The van der Waals surface area contributed by atoms with E-state index in [1.807, 2.05) is 72.8 Å². The molecule has 0 aliphatic carbocycles. The lowest BCUT2D eigenvalue weighted by Gasteiger charge is -2.16. The number of carboxylic acid groups (broad SMARTS) is 1. The molecule has 7 heteroatoms. The Morgan fingerprint density at radius 3 is 2.30 bits per heavy atom. The molecule has 0 aromatic heterocycles. The van der Waals surface area contributed by atoms with Gasteiger partial charge in [-0.1, -0.05) is 90.5 Å². The van der Waals surface area contributed by atoms with Crippen molar-refractivity contribution in [1.29, 1.82) is 0 Å². The Kier molecular flexibility index (Phi) is 8.07. The number of thioether (sulfide) groups is 1. The minimum Gasteiger partial charge on any atom is -0.488 e. The maximum Gasteiger partial charge on any atom is 0.335 e. The second-order valence-corrected chi connectivity index (χ2v) is 11.2. The summed E-state index contributed by atoms with van der Waals surface area (Å²) >= 11 is 1.31. The number of fused-ring (bicyclic) bond motifs is 1. The molecule has 0 spiro atoms. The summed E-state index contributed by atoms with van der Waals surface area (Å²) in [6, 6.07) is 36.3. The summed E-state index contributed by atoms with van der Waals surface area (Å²) in [6.45, 7) is 2.70. The van der Waals surface area contributed by atoms with Gasteiger partial charge in [-0.3, -0.25) is 9.69 Å². The second-order valence-electron chi connectivity index (χ2n) is 10.2. The van der Waals surface area contributed by atoms with Crippen molar-refractivity contribution >= 4 is 51.3 Å². The number of carbonyl (C=O) groups is 2. The minimum atomic E-state index is -0.994. The maximum atomic E-state index is 14.0. The van der Waals surface area contributed by atoms with Crippen molar-refractivity contribution in [1.82, 2.24) is 4.90 Å². The third kappa shape index (κ3) is 6.37. The van der Waals surface area contributed by atoms with Crippen molar-refractivity contribution in [2.45, 2.75) is 20.1 Å². The first-order valence-electron chi connectivity index (χ1n) is 13.8. The highest BCUT2D eigenvalue weighted by Crippen LogP contribution is 2.38. The van der Waals surface area contributed by atoms with E-state index in [2.05, 4.69) is 31.2 Å². The van der Waals surface area contributed by atoms with Gasteiger partial charge in [0.05, 0.1) is 22.7 Å². The number of rotatable bonds is 8. The first-order chi connectivity index (χ1) is 20.9. The van der Waals surface area contributed by atoms with Crippen LogP contribution >= 0.6 is 11.8 Å². The van der Waals surface area contributed by atoms with Crippen molar-refractivity contribution in [3.8, 4) is 5.75 Å². The Morgan fingerprint density at radius 2 is 1.56 bits per heavy atom. The summed E-state index contributed by atoms with van der Waals surface area (Å²) in [6.07, 6.45) is 1.90. The Balaban J connectivity index is 1.38. The fraction of sp³-hybridized carbons (Fsp3) is 0.0833. The van der Waals surface area contributed by atoms with E-state index in [1.165, 1.54) is 17.3 Å². The number of ether oxygens (including phenoxy) is 1. The number of amides is 1. The fourth-order valence-corrected chi connectivity index (χ4v) is 5.79. The molecule has 0 bridgehead atoms. The largest absolute Gasteiger partial charge is 0.488 e. The van der Waals surface area contributed by atoms with Gasteiger partial charge < -0.3 is 9.84 Å². The molecule has 1 fully saturated rings. The van der Waals surface area contributed by atoms with Crippen LogP contribution in [0.4, 0.5) is 5.69 Å². The number of carboxylic acids is 1. The van der Waals surface area contributed by atoms with Crippen LogP contribution in [0.3, 0.4) is 0 Å². The van der Waals surface area contributed by atoms with Gasteiger partial charge in [0.2, 0.25) is 0 Å². The lowest BCUT2D eigenvalue weighted by Crippen LogP contribution is -2.28. The number of benzene rings is 5. The molecule has 0 saturated carbocycles. The van der Waals surface area contributed by atoms with Crippen LogP contribution in [-0.2, 0) is 17.9 Å². The first kappa shape index (κ1) is 28.0. The number of aliphatic imine (C=N–C) groups is 1.